The van der Waals surface area contributed by atoms with Crippen molar-refractivity contribution in [3.63, 3.8) is 0 Å². The van der Waals surface area contributed by atoms with Gasteiger partial charge in [-0.25, -0.2) is 4.98 Å². The first-order chi connectivity index (χ1) is 13.2. The summed E-state index contributed by atoms with van der Waals surface area (Å²) in [6.07, 6.45) is 6.93. The van der Waals surface area contributed by atoms with Gasteiger partial charge in [0.2, 0.25) is 11.7 Å². The fourth-order valence-electron chi connectivity index (χ4n) is 3.61. The lowest BCUT2D eigenvalue weighted by Crippen LogP contribution is -2.40. The van der Waals surface area contributed by atoms with Crippen molar-refractivity contribution in [1.82, 2.24) is 24.6 Å². The largest absolute Gasteiger partial charge is 0.494 e. The fourth-order valence-corrected chi connectivity index (χ4v) is 3.61. The van der Waals surface area contributed by atoms with Crippen LogP contribution < -0.4 is 4.74 Å². The van der Waals surface area contributed by atoms with Crippen molar-refractivity contribution >= 4 is 0 Å². The third kappa shape index (κ3) is 4.03. The predicted octanol–water partition coefficient (Wildman–Crippen LogP) is 3.41. The zero-order chi connectivity index (χ0) is 18.6. The van der Waals surface area contributed by atoms with E-state index in [9.17, 15) is 0 Å². The van der Waals surface area contributed by atoms with Crippen molar-refractivity contribution in [2.24, 2.45) is 5.92 Å². The summed E-state index contributed by atoms with van der Waals surface area (Å²) in [5.41, 5.74) is 0.928. The Morgan fingerprint density at radius 2 is 2.11 bits per heavy atom. The number of aromatic nitrogens is 4. The van der Waals surface area contributed by atoms with E-state index >= 15 is 0 Å². The van der Waals surface area contributed by atoms with Crippen molar-refractivity contribution in [2.45, 2.75) is 32.9 Å². The van der Waals surface area contributed by atoms with Crippen molar-refractivity contribution < 1.29 is 9.26 Å². The van der Waals surface area contributed by atoms with Gasteiger partial charge in [-0.3, -0.25) is 4.90 Å². The minimum absolute atomic E-state index is 0.426. The summed E-state index contributed by atoms with van der Waals surface area (Å²) in [5.74, 6) is 2.73. The molecule has 0 spiro atoms. The van der Waals surface area contributed by atoms with Gasteiger partial charge in [0.15, 0.2) is 0 Å². The molecule has 0 amide bonds. The lowest BCUT2D eigenvalue weighted by atomic mass is 9.93. The first-order valence-electron chi connectivity index (χ1n) is 9.48. The number of ether oxygens (including phenoxy) is 1. The molecule has 4 rings (SSSR count). The molecule has 0 aliphatic carbocycles. The number of hydrogen-bond donors (Lipinski definition) is 0. The van der Waals surface area contributed by atoms with E-state index in [1.165, 1.54) is 0 Å². The van der Waals surface area contributed by atoms with Gasteiger partial charge in [0.25, 0.3) is 0 Å². The molecule has 7 nitrogen and oxygen atoms in total. The number of imidazole rings is 1. The smallest absolute Gasteiger partial charge is 0.241 e. The average Bonchev–Trinajstić information content (AvgIpc) is 3.36. The second-order valence-corrected chi connectivity index (χ2v) is 7.05. The summed E-state index contributed by atoms with van der Waals surface area (Å²) in [6, 6.07) is 8.19. The predicted molar refractivity (Wildman–Crippen MR) is 101 cm³/mol. The zero-order valence-electron chi connectivity index (χ0n) is 15.8. The second kappa shape index (κ2) is 7.92. The quantitative estimate of drug-likeness (QED) is 0.665. The normalized spacial score (nSPS) is 20.7. The Morgan fingerprint density at radius 1 is 1.26 bits per heavy atom. The van der Waals surface area contributed by atoms with E-state index in [1.807, 2.05) is 49.9 Å². The highest BCUT2D eigenvalue weighted by Gasteiger charge is 2.28. The lowest BCUT2D eigenvalue weighted by molar-refractivity contribution is 0.114. The Morgan fingerprint density at radius 3 is 2.85 bits per heavy atom. The minimum Gasteiger partial charge on any atom is -0.494 e. The molecule has 2 atom stereocenters. The summed E-state index contributed by atoms with van der Waals surface area (Å²) in [6.45, 7) is 7.59. The van der Waals surface area contributed by atoms with Gasteiger partial charge in [-0.05, 0) is 50.1 Å². The van der Waals surface area contributed by atoms with E-state index in [-0.39, 0.29) is 0 Å². The van der Waals surface area contributed by atoms with E-state index in [1.54, 1.807) is 0 Å². The lowest BCUT2D eigenvalue weighted by Gasteiger charge is -2.36. The molecule has 3 aromatic rings. The van der Waals surface area contributed by atoms with Crippen LogP contribution in [0.2, 0.25) is 0 Å². The molecular weight excluding hydrogens is 342 g/mol. The minimum atomic E-state index is 0.426. The third-order valence-corrected chi connectivity index (χ3v) is 5.16. The van der Waals surface area contributed by atoms with Gasteiger partial charge in [-0.1, -0.05) is 12.1 Å². The van der Waals surface area contributed by atoms with Crippen LogP contribution in [0.25, 0.3) is 11.4 Å². The molecule has 27 heavy (non-hydrogen) atoms. The van der Waals surface area contributed by atoms with Crippen LogP contribution in [0, 0.1) is 5.92 Å². The van der Waals surface area contributed by atoms with E-state index < -0.39 is 0 Å². The summed E-state index contributed by atoms with van der Waals surface area (Å²) in [5, 5.41) is 4.14. The van der Waals surface area contributed by atoms with Crippen LogP contribution in [0.4, 0.5) is 0 Å². The Kier molecular flexibility index (Phi) is 5.20. The number of rotatable bonds is 6. The maximum absolute atomic E-state index is 5.50. The highest BCUT2D eigenvalue weighted by molar-refractivity contribution is 5.55. The van der Waals surface area contributed by atoms with Crippen LogP contribution in [0.3, 0.4) is 0 Å². The molecule has 0 bridgehead atoms. The summed E-state index contributed by atoms with van der Waals surface area (Å²) in [7, 11) is 0. The molecule has 0 saturated carbocycles. The van der Waals surface area contributed by atoms with Crippen molar-refractivity contribution in [3.05, 3.63) is 48.9 Å². The van der Waals surface area contributed by atoms with E-state index in [0.717, 1.165) is 30.8 Å². The molecule has 1 fully saturated rings. The van der Waals surface area contributed by atoms with Gasteiger partial charge in [0, 0.05) is 30.5 Å². The molecule has 3 heterocycles. The number of nitrogens with zero attached hydrogens (tertiary/aromatic N) is 5. The summed E-state index contributed by atoms with van der Waals surface area (Å²) in [4.78, 5) is 11.1. The SMILES string of the molecule is CCOc1ccc(-c2noc(CN3CCC(C)C(n4ccnc4)C3)n2)cc1. The molecule has 1 aromatic carbocycles. The molecular formula is C20H25N5O2. The van der Waals surface area contributed by atoms with E-state index in [0.29, 0.717) is 36.8 Å². The van der Waals surface area contributed by atoms with Crippen LogP contribution in [0.15, 0.2) is 47.5 Å². The number of piperidine rings is 1. The maximum Gasteiger partial charge on any atom is 0.241 e. The van der Waals surface area contributed by atoms with E-state index in [2.05, 4.69) is 31.5 Å². The molecule has 1 aliphatic rings. The van der Waals surface area contributed by atoms with Gasteiger partial charge < -0.3 is 13.8 Å². The molecule has 2 unspecified atom stereocenters. The van der Waals surface area contributed by atoms with Crippen LogP contribution in [-0.2, 0) is 6.54 Å². The Hall–Kier alpha value is -2.67. The number of likely N-dealkylation sites (tertiary alicyclic amines) is 1. The number of hydrogen-bond acceptors (Lipinski definition) is 6. The van der Waals surface area contributed by atoms with Gasteiger partial charge in [0.1, 0.15) is 5.75 Å². The molecule has 0 N–H and O–H groups in total. The van der Waals surface area contributed by atoms with Gasteiger partial charge in [0.05, 0.1) is 19.5 Å². The van der Waals surface area contributed by atoms with E-state index in [4.69, 9.17) is 9.26 Å². The van der Waals surface area contributed by atoms with Crippen LogP contribution in [-0.4, -0.2) is 44.3 Å². The third-order valence-electron chi connectivity index (χ3n) is 5.16. The first kappa shape index (κ1) is 17.7. The van der Waals surface area contributed by atoms with Gasteiger partial charge in [-0.15, -0.1) is 0 Å². The highest BCUT2D eigenvalue weighted by atomic mass is 16.5. The van der Waals surface area contributed by atoms with Crippen LogP contribution in [0.1, 0.15) is 32.2 Å². The van der Waals surface area contributed by atoms with Crippen LogP contribution >= 0.6 is 0 Å². The van der Waals surface area contributed by atoms with Gasteiger partial charge in [-0.2, -0.15) is 4.98 Å². The monoisotopic (exact) mass is 367 g/mol. The number of benzene rings is 1. The molecule has 1 aliphatic heterocycles. The second-order valence-electron chi connectivity index (χ2n) is 7.05. The van der Waals surface area contributed by atoms with Crippen molar-refractivity contribution in [1.29, 1.82) is 0 Å². The Balaban J connectivity index is 1.41. The van der Waals surface area contributed by atoms with Gasteiger partial charge >= 0.3 is 0 Å². The summed E-state index contributed by atoms with van der Waals surface area (Å²) >= 11 is 0. The summed E-state index contributed by atoms with van der Waals surface area (Å²) < 4.78 is 13.2. The average molecular weight is 367 g/mol. The molecule has 0 radical (unpaired) electrons. The molecule has 7 heteroatoms. The van der Waals surface area contributed by atoms with Crippen LogP contribution in [0.5, 0.6) is 5.75 Å². The standard InChI is InChI=1S/C20H25N5O2/c1-3-26-17-6-4-16(5-7-17)20-22-19(27-23-20)13-24-10-8-15(2)18(12-24)25-11-9-21-14-25/h4-7,9,11,14-15,18H,3,8,10,12-13H2,1-2H3. The fraction of sp³-hybridized carbons (Fsp3) is 0.450. The topological polar surface area (TPSA) is 69.2 Å². The maximum atomic E-state index is 5.50. The molecule has 142 valence electrons. The van der Waals surface area contributed by atoms with Crippen molar-refractivity contribution in [2.75, 3.05) is 19.7 Å². The van der Waals surface area contributed by atoms with Crippen molar-refractivity contribution in [3.8, 4) is 17.1 Å². The molecule has 2 aromatic heterocycles. The Bertz CT molecular complexity index is 844. The first-order valence-corrected chi connectivity index (χ1v) is 9.48. The highest BCUT2D eigenvalue weighted by Crippen LogP contribution is 2.28. The molecule has 1 saturated heterocycles. The zero-order valence-corrected chi connectivity index (χ0v) is 15.8. The Labute approximate surface area is 159 Å².